The van der Waals surface area contributed by atoms with Crippen LogP contribution in [0, 0.1) is 6.92 Å². The summed E-state index contributed by atoms with van der Waals surface area (Å²) in [4.78, 5) is 12.2. The predicted molar refractivity (Wildman–Crippen MR) is 102 cm³/mol. The molecule has 2 saturated heterocycles. The van der Waals surface area contributed by atoms with Crippen LogP contribution in [0.3, 0.4) is 0 Å². The molecule has 2 atom stereocenters. The van der Waals surface area contributed by atoms with Crippen molar-refractivity contribution in [3.63, 3.8) is 0 Å². The van der Waals surface area contributed by atoms with Gasteiger partial charge in [-0.2, -0.15) is 0 Å². The van der Waals surface area contributed by atoms with Crippen molar-refractivity contribution in [2.75, 3.05) is 33.0 Å². The number of carbonyl (C=O) groups is 1. The van der Waals surface area contributed by atoms with Crippen LogP contribution in [-0.2, 0) is 20.8 Å². The highest BCUT2D eigenvalue weighted by Gasteiger charge is 2.18. The summed E-state index contributed by atoms with van der Waals surface area (Å²) < 4.78 is 17.0. The SMILES string of the molecule is Cc1ccc(CNC(=O)CC2COCCN2)c(OCC2CCCO2)c1.Cl. The fourth-order valence-corrected chi connectivity index (χ4v) is 3.14. The minimum atomic E-state index is 0. The van der Waals surface area contributed by atoms with Crippen molar-refractivity contribution in [2.24, 2.45) is 0 Å². The van der Waals surface area contributed by atoms with Gasteiger partial charge in [-0.1, -0.05) is 12.1 Å². The molecular formula is C19H29ClN2O4. The summed E-state index contributed by atoms with van der Waals surface area (Å²) in [5.74, 6) is 0.851. The van der Waals surface area contributed by atoms with Crippen LogP contribution in [-0.4, -0.2) is 51.0 Å². The van der Waals surface area contributed by atoms with Gasteiger partial charge in [0, 0.05) is 37.7 Å². The minimum absolute atomic E-state index is 0. The van der Waals surface area contributed by atoms with E-state index in [1.54, 1.807) is 0 Å². The molecule has 2 fully saturated rings. The highest BCUT2D eigenvalue weighted by atomic mass is 35.5. The average molecular weight is 385 g/mol. The maximum Gasteiger partial charge on any atom is 0.221 e. The first-order valence-electron chi connectivity index (χ1n) is 9.12. The lowest BCUT2D eigenvalue weighted by Crippen LogP contribution is -2.44. The Morgan fingerprint density at radius 3 is 3.00 bits per heavy atom. The lowest BCUT2D eigenvalue weighted by Gasteiger charge is -2.23. The molecule has 2 N–H and O–H groups in total. The van der Waals surface area contributed by atoms with Gasteiger partial charge in [-0.05, 0) is 31.4 Å². The molecule has 0 aliphatic carbocycles. The first kappa shape index (κ1) is 21.0. The summed E-state index contributed by atoms with van der Waals surface area (Å²) in [6, 6.07) is 6.17. The molecule has 0 radical (unpaired) electrons. The monoisotopic (exact) mass is 384 g/mol. The number of hydrogen-bond acceptors (Lipinski definition) is 5. The van der Waals surface area contributed by atoms with Crippen molar-refractivity contribution >= 4 is 18.3 Å². The Hall–Kier alpha value is -1.34. The van der Waals surface area contributed by atoms with E-state index in [0.29, 0.717) is 32.8 Å². The predicted octanol–water partition coefficient (Wildman–Crippen LogP) is 1.97. The van der Waals surface area contributed by atoms with Gasteiger partial charge in [-0.15, -0.1) is 12.4 Å². The van der Waals surface area contributed by atoms with Gasteiger partial charge in [-0.3, -0.25) is 4.79 Å². The summed E-state index contributed by atoms with van der Waals surface area (Å²) in [7, 11) is 0. The molecule has 2 heterocycles. The van der Waals surface area contributed by atoms with Crippen molar-refractivity contribution < 1.29 is 19.0 Å². The Kier molecular flexibility index (Phi) is 8.65. The fraction of sp³-hybridized carbons (Fsp3) is 0.632. The van der Waals surface area contributed by atoms with Crippen molar-refractivity contribution in [1.29, 1.82) is 0 Å². The topological polar surface area (TPSA) is 68.8 Å². The normalized spacial score (nSPS) is 22.5. The van der Waals surface area contributed by atoms with Gasteiger partial charge in [0.1, 0.15) is 12.4 Å². The van der Waals surface area contributed by atoms with Crippen molar-refractivity contribution in [3.05, 3.63) is 29.3 Å². The molecule has 2 aliphatic rings. The number of ether oxygens (including phenoxy) is 3. The van der Waals surface area contributed by atoms with E-state index in [-0.39, 0.29) is 30.5 Å². The Morgan fingerprint density at radius 1 is 1.38 bits per heavy atom. The van der Waals surface area contributed by atoms with E-state index in [2.05, 4.69) is 10.6 Å². The fourth-order valence-electron chi connectivity index (χ4n) is 3.14. The molecule has 1 aromatic carbocycles. The molecule has 1 aromatic rings. The zero-order valence-electron chi connectivity index (χ0n) is 15.3. The van der Waals surface area contributed by atoms with Gasteiger partial charge in [-0.25, -0.2) is 0 Å². The van der Waals surface area contributed by atoms with E-state index in [1.165, 1.54) is 0 Å². The summed E-state index contributed by atoms with van der Waals surface area (Å²) >= 11 is 0. The van der Waals surface area contributed by atoms with Gasteiger partial charge < -0.3 is 24.8 Å². The van der Waals surface area contributed by atoms with Gasteiger partial charge in [0.2, 0.25) is 5.91 Å². The van der Waals surface area contributed by atoms with Crippen LogP contribution >= 0.6 is 12.4 Å². The second kappa shape index (κ2) is 10.7. The quantitative estimate of drug-likeness (QED) is 0.752. The lowest BCUT2D eigenvalue weighted by molar-refractivity contribution is -0.122. The summed E-state index contributed by atoms with van der Waals surface area (Å²) in [5, 5.41) is 6.28. The molecule has 0 bridgehead atoms. The molecule has 146 valence electrons. The van der Waals surface area contributed by atoms with Crippen LogP contribution in [0.4, 0.5) is 0 Å². The number of carbonyl (C=O) groups excluding carboxylic acids is 1. The molecule has 0 aromatic heterocycles. The maximum absolute atomic E-state index is 12.2. The molecule has 6 nitrogen and oxygen atoms in total. The van der Waals surface area contributed by atoms with Crippen LogP contribution < -0.4 is 15.4 Å². The first-order chi connectivity index (χ1) is 12.2. The Morgan fingerprint density at radius 2 is 2.27 bits per heavy atom. The minimum Gasteiger partial charge on any atom is -0.491 e. The van der Waals surface area contributed by atoms with E-state index < -0.39 is 0 Å². The van der Waals surface area contributed by atoms with Crippen LogP contribution in [0.25, 0.3) is 0 Å². The van der Waals surface area contributed by atoms with E-state index in [9.17, 15) is 4.79 Å². The van der Waals surface area contributed by atoms with E-state index in [1.807, 2.05) is 25.1 Å². The van der Waals surface area contributed by atoms with E-state index >= 15 is 0 Å². The molecule has 7 heteroatoms. The van der Waals surface area contributed by atoms with Crippen molar-refractivity contribution in [1.82, 2.24) is 10.6 Å². The number of nitrogens with one attached hydrogen (secondary N) is 2. The summed E-state index contributed by atoms with van der Waals surface area (Å²) in [6.45, 7) is 6.00. The number of benzene rings is 1. The maximum atomic E-state index is 12.2. The third-order valence-corrected chi connectivity index (χ3v) is 4.58. The van der Waals surface area contributed by atoms with Gasteiger partial charge >= 0.3 is 0 Å². The van der Waals surface area contributed by atoms with Crippen LogP contribution in [0.5, 0.6) is 5.75 Å². The molecule has 26 heavy (non-hydrogen) atoms. The van der Waals surface area contributed by atoms with Gasteiger partial charge in [0.25, 0.3) is 0 Å². The summed E-state index contributed by atoms with van der Waals surface area (Å²) in [5.41, 5.74) is 2.13. The average Bonchev–Trinajstić information content (AvgIpc) is 3.13. The number of morpholine rings is 1. The van der Waals surface area contributed by atoms with Crippen molar-refractivity contribution in [3.8, 4) is 5.75 Å². The number of rotatable bonds is 7. The Bertz CT molecular complexity index is 573. The molecule has 3 rings (SSSR count). The number of hydrogen-bond donors (Lipinski definition) is 2. The Balaban J connectivity index is 0.00000243. The molecule has 0 spiro atoms. The zero-order valence-corrected chi connectivity index (χ0v) is 16.1. The molecule has 2 aliphatic heterocycles. The third-order valence-electron chi connectivity index (χ3n) is 4.58. The van der Waals surface area contributed by atoms with Gasteiger partial charge in [0.15, 0.2) is 0 Å². The molecule has 1 amide bonds. The second-order valence-electron chi connectivity index (χ2n) is 6.76. The molecule has 2 unspecified atom stereocenters. The largest absolute Gasteiger partial charge is 0.491 e. The lowest BCUT2D eigenvalue weighted by atomic mass is 10.1. The molecular weight excluding hydrogens is 356 g/mol. The van der Waals surface area contributed by atoms with Gasteiger partial charge in [0.05, 0.1) is 19.3 Å². The van der Waals surface area contributed by atoms with E-state index in [0.717, 1.165) is 42.9 Å². The smallest absolute Gasteiger partial charge is 0.221 e. The standard InChI is InChI=1S/C19H28N2O4.ClH/c1-14-4-5-15(18(9-14)25-13-17-3-2-7-24-17)11-21-19(22)10-16-12-23-8-6-20-16;/h4-5,9,16-17,20H,2-3,6-8,10-13H2,1H3,(H,21,22);1H. The highest BCUT2D eigenvalue weighted by Crippen LogP contribution is 2.22. The number of aryl methyl sites for hydroxylation is 1. The zero-order chi connectivity index (χ0) is 17.5. The van der Waals surface area contributed by atoms with Crippen LogP contribution in [0.2, 0.25) is 0 Å². The summed E-state index contributed by atoms with van der Waals surface area (Å²) in [6.07, 6.45) is 2.76. The van der Waals surface area contributed by atoms with E-state index in [4.69, 9.17) is 14.2 Å². The number of halogens is 1. The van der Waals surface area contributed by atoms with Crippen molar-refractivity contribution in [2.45, 2.75) is 44.9 Å². The highest BCUT2D eigenvalue weighted by molar-refractivity contribution is 5.85. The first-order valence-corrected chi connectivity index (χ1v) is 9.12. The molecule has 0 saturated carbocycles. The third kappa shape index (κ3) is 6.43. The van der Waals surface area contributed by atoms with Crippen LogP contribution in [0.15, 0.2) is 18.2 Å². The van der Waals surface area contributed by atoms with Crippen LogP contribution in [0.1, 0.15) is 30.4 Å². The number of amides is 1. The Labute approximate surface area is 161 Å². The second-order valence-corrected chi connectivity index (χ2v) is 6.76.